The van der Waals surface area contributed by atoms with Gasteiger partial charge in [-0.1, -0.05) is 41.9 Å². The van der Waals surface area contributed by atoms with Gasteiger partial charge in [0.2, 0.25) is 0 Å². The molecule has 0 heterocycles. The lowest BCUT2D eigenvalue weighted by Gasteiger charge is -2.26. The number of alkyl halides is 3. The van der Waals surface area contributed by atoms with Crippen LogP contribution in [0.1, 0.15) is 31.9 Å². The van der Waals surface area contributed by atoms with E-state index < -0.39 is 24.2 Å². The zero-order chi connectivity index (χ0) is 16.2. The highest BCUT2D eigenvalue weighted by Crippen LogP contribution is 2.34. The molecular weight excluding hydrogens is 351 g/mol. The molecule has 0 aromatic heterocycles. The van der Waals surface area contributed by atoms with Crippen LogP contribution in [-0.2, 0) is 4.79 Å². The van der Waals surface area contributed by atoms with Crippen molar-refractivity contribution >= 4 is 21.9 Å². The molecule has 0 unspecified atom stereocenters. The van der Waals surface area contributed by atoms with Crippen molar-refractivity contribution in [2.24, 2.45) is 5.92 Å². The largest absolute Gasteiger partial charge is 0.480 e. The number of halogens is 4. The second-order valence-electron chi connectivity index (χ2n) is 5.22. The fraction of sp³-hybridized carbons (Fsp3) is 0.500. The molecule has 21 heavy (non-hydrogen) atoms. The topological polar surface area (TPSA) is 49.3 Å². The molecule has 0 spiro atoms. The van der Waals surface area contributed by atoms with Gasteiger partial charge in [-0.05, 0) is 30.0 Å². The van der Waals surface area contributed by atoms with Gasteiger partial charge < -0.3 is 5.11 Å². The lowest BCUT2D eigenvalue weighted by Crippen LogP contribution is -2.45. The van der Waals surface area contributed by atoms with E-state index in [9.17, 15) is 18.0 Å². The van der Waals surface area contributed by atoms with Crippen LogP contribution >= 0.6 is 15.9 Å². The number of carboxylic acids is 1. The van der Waals surface area contributed by atoms with E-state index >= 15 is 0 Å². The van der Waals surface area contributed by atoms with Crippen LogP contribution in [0.4, 0.5) is 13.2 Å². The first kappa shape index (κ1) is 18.0. The molecule has 2 atom stereocenters. The average molecular weight is 368 g/mol. The van der Waals surface area contributed by atoms with E-state index in [-0.39, 0.29) is 17.9 Å². The molecule has 0 aliphatic carbocycles. The van der Waals surface area contributed by atoms with Gasteiger partial charge in [0.1, 0.15) is 12.1 Å². The molecule has 0 aliphatic rings. The monoisotopic (exact) mass is 367 g/mol. The van der Waals surface area contributed by atoms with Crippen molar-refractivity contribution in [2.45, 2.75) is 38.5 Å². The number of rotatable bonds is 6. The first-order valence-corrected chi connectivity index (χ1v) is 7.21. The number of benzene rings is 1. The van der Waals surface area contributed by atoms with Crippen LogP contribution in [0.25, 0.3) is 0 Å². The molecule has 3 nitrogen and oxygen atoms in total. The van der Waals surface area contributed by atoms with Gasteiger partial charge in [0.05, 0.1) is 0 Å². The molecule has 0 amide bonds. The summed E-state index contributed by atoms with van der Waals surface area (Å²) in [5, 5.41) is 11.3. The third-order valence-corrected chi connectivity index (χ3v) is 3.38. The smallest absolute Gasteiger partial charge is 0.407 e. The van der Waals surface area contributed by atoms with E-state index in [1.54, 1.807) is 19.9 Å². The fourth-order valence-corrected chi connectivity index (χ4v) is 2.40. The van der Waals surface area contributed by atoms with Crippen LogP contribution in [0.5, 0.6) is 0 Å². The summed E-state index contributed by atoms with van der Waals surface area (Å²) in [5.41, 5.74) is -0.0214. The van der Waals surface area contributed by atoms with Crippen LogP contribution in [0.2, 0.25) is 0 Å². The van der Waals surface area contributed by atoms with Crippen LogP contribution < -0.4 is 5.32 Å². The first-order chi connectivity index (χ1) is 9.61. The zero-order valence-corrected chi connectivity index (χ0v) is 13.2. The van der Waals surface area contributed by atoms with E-state index in [4.69, 9.17) is 5.11 Å². The summed E-state index contributed by atoms with van der Waals surface area (Å²) in [4.78, 5) is 11.2. The Balaban J connectivity index is 3.06. The molecule has 1 aromatic carbocycles. The molecule has 0 fully saturated rings. The summed E-state index contributed by atoms with van der Waals surface area (Å²) in [6.07, 6.45) is -4.46. The minimum atomic E-state index is -4.58. The Morgan fingerprint density at radius 1 is 1.38 bits per heavy atom. The fourth-order valence-electron chi connectivity index (χ4n) is 1.98. The van der Waals surface area contributed by atoms with Crippen molar-refractivity contribution in [3.63, 3.8) is 0 Å². The summed E-state index contributed by atoms with van der Waals surface area (Å²) in [5.74, 6) is -1.32. The van der Waals surface area contributed by atoms with Gasteiger partial charge in [0, 0.05) is 4.47 Å². The molecule has 118 valence electrons. The molecule has 0 radical (unpaired) electrons. The Morgan fingerprint density at radius 2 is 2.00 bits per heavy atom. The maximum Gasteiger partial charge on any atom is 0.407 e. The molecule has 2 N–H and O–H groups in total. The van der Waals surface area contributed by atoms with Gasteiger partial charge in [-0.25, -0.2) is 0 Å². The third-order valence-electron chi connectivity index (χ3n) is 2.88. The van der Waals surface area contributed by atoms with Gasteiger partial charge in [-0.2, -0.15) is 13.2 Å². The molecule has 0 saturated heterocycles. The standard InChI is InChI=1S/C14H17BrF3NO2/c1-8(2)6-11(13(20)21)19-12(14(16,17)18)9-4-3-5-10(15)7-9/h3-5,7-8,11-12,19H,6H2,1-2H3,(H,20,21)/t11-,12-/m0/s1. The maximum atomic E-state index is 13.2. The van der Waals surface area contributed by atoms with Crippen LogP contribution in [0, 0.1) is 5.92 Å². The Morgan fingerprint density at radius 3 is 2.43 bits per heavy atom. The van der Waals surface area contributed by atoms with Crippen molar-refractivity contribution < 1.29 is 23.1 Å². The Bertz CT molecular complexity index is 491. The summed E-state index contributed by atoms with van der Waals surface area (Å²) < 4.78 is 40.2. The zero-order valence-electron chi connectivity index (χ0n) is 11.6. The van der Waals surface area contributed by atoms with Crippen LogP contribution in [0.15, 0.2) is 28.7 Å². The van der Waals surface area contributed by atoms with Crippen LogP contribution in [0.3, 0.4) is 0 Å². The van der Waals surface area contributed by atoms with Crippen molar-refractivity contribution in [1.29, 1.82) is 0 Å². The Kier molecular flexibility index (Phi) is 6.22. The van der Waals surface area contributed by atoms with Crippen molar-refractivity contribution in [3.8, 4) is 0 Å². The van der Waals surface area contributed by atoms with E-state index in [0.717, 1.165) is 0 Å². The van der Waals surface area contributed by atoms with Gasteiger partial charge >= 0.3 is 12.1 Å². The third kappa shape index (κ3) is 5.67. The summed E-state index contributed by atoms with van der Waals surface area (Å²) in [7, 11) is 0. The number of hydrogen-bond acceptors (Lipinski definition) is 2. The molecule has 1 rings (SSSR count). The second-order valence-corrected chi connectivity index (χ2v) is 6.13. The van der Waals surface area contributed by atoms with Gasteiger partial charge in [-0.3, -0.25) is 10.1 Å². The number of aliphatic carboxylic acids is 1. The molecule has 0 aliphatic heterocycles. The van der Waals surface area contributed by atoms with E-state index in [0.29, 0.717) is 4.47 Å². The minimum absolute atomic E-state index is 0.0214. The predicted octanol–water partition coefficient (Wildman–Crippen LogP) is 4.14. The Labute approximate surface area is 129 Å². The predicted molar refractivity (Wildman–Crippen MR) is 77.0 cm³/mol. The number of carbonyl (C=O) groups is 1. The van der Waals surface area contributed by atoms with Crippen molar-refractivity contribution in [3.05, 3.63) is 34.3 Å². The van der Waals surface area contributed by atoms with Crippen molar-refractivity contribution in [1.82, 2.24) is 5.32 Å². The van der Waals surface area contributed by atoms with Crippen LogP contribution in [-0.4, -0.2) is 23.3 Å². The van der Waals surface area contributed by atoms with E-state index in [1.807, 2.05) is 0 Å². The van der Waals surface area contributed by atoms with Gasteiger partial charge in [0.25, 0.3) is 0 Å². The molecule has 1 aromatic rings. The Hall–Kier alpha value is -1.08. The summed E-state index contributed by atoms with van der Waals surface area (Å²) >= 11 is 3.12. The molecular formula is C14H17BrF3NO2. The van der Waals surface area contributed by atoms with Gasteiger partial charge in [0.15, 0.2) is 0 Å². The highest BCUT2D eigenvalue weighted by molar-refractivity contribution is 9.10. The number of carboxylic acid groups (broad SMARTS) is 1. The van der Waals surface area contributed by atoms with E-state index in [2.05, 4.69) is 21.2 Å². The lowest BCUT2D eigenvalue weighted by molar-refractivity contribution is -0.163. The summed E-state index contributed by atoms with van der Waals surface area (Å²) in [6, 6.07) is 2.48. The molecule has 7 heteroatoms. The summed E-state index contributed by atoms with van der Waals surface area (Å²) in [6.45, 7) is 3.53. The normalized spacial score (nSPS) is 15.0. The second kappa shape index (κ2) is 7.26. The minimum Gasteiger partial charge on any atom is -0.480 e. The first-order valence-electron chi connectivity index (χ1n) is 6.42. The number of hydrogen-bond donors (Lipinski definition) is 2. The van der Waals surface area contributed by atoms with Crippen molar-refractivity contribution in [2.75, 3.05) is 0 Å². The highest BCUT2D eigenvalue weighted by atomic mass is 79.9. The highest BCUT2D eigenvalue weighted by Gasteiger charge is 2.42. The SMILES string of the molecule is CC(C)C[C@H](N[C@@H](c1cccc(Br)c1)C(F)(F)F)C(=O)O. The number of nitrogens with one attached hydrogen (secondary N) is 1. The molecule has 0 bridgehead atoms. The van der Waals surface area contributed by atoms with Gasteiger partial charge in [-0.15, -0.1) is 0 Å². The average Bonchev–Trinajstić information content (AvgIpc) is 2.31. The molecule has 0 saturated carbocycles. The maximum absolute atomic E-state index is 13.2. The lowest BCUT2D eigenvalue weighted by atomic mass is 10.0. The quantitative estimate of drug-likeness (QED) is 0.794. The van der Waals surface area contributed by atoms with E-state index in [1.165, 1.54) is 18.2 Å².